The molecule has 6 nitrogen and oxygen atoms in total. The Hall–Kier alpha value is -1.56. The highest BCUT2D eigenvalue weighted by molar-refractivity contribution is 5.80. The summed E-state index contributed by atoms with van der Waals surface area (Å²) in [5.74, 6) is -1.02. The normalized spacial score (nSPS) is 11.7. The fourth-order valence-corrected chi connectivity index (χ4v) is 1.37. The number of amides is 2. The molecule has 0 aromatic heterocycles. The molecule has 0 aliphatic rings. The molecule has 19 heavy (non-hydrogen) atoms. The van der Waals surface area contributed by atoms with Gasteiger partial charge >= 0.3 is 12.0 Å². The largest absolute Gasteiger partial charge is 0.480 e. The van der Waals surface area contributed by atoms with Crippen LogP contribution >= 0.6 is 0 Å². The van der Waals surface area contributed by atoms with Gasteiger partial charge in [-0.1, -0.05) is 19.1 Å². The topological polar surface area (TPSA) is 78.9 Å². The van der Waals surface area contributed by atoms with Gasteiger partial charge in [0.1, 0.15) is 6.54 Å². The van der Waals surface area contributed by atoms with Crippen molar-refractivity contribution >= 4 is 12.0 Å². The number of nitrogens with one attached hydrogen (secondary N) is 1. The van der Waals surface area contributed by atoms with Gasteiger partial charge in [-0.05, 0) is 20.3 Å². The lowest BCUT2D eigenvalue weighted by Gasteiger charge is -2.27. The molecule has 110 valence electrons. The van der Waals surface area contributed by atoms with Gasteiger partial charge in [-0.25, -0.2) is 4.79 Å². The summed E-state index contributed by atoms with van der Waals surface area (Å²) in [6, 6.07) is -0.497. The van der Waals surface area contributed by atoms with Crippen LogP contribution in [0, 0.1) is 0 Å². The standard InChI is InChI=1S/C13H24N2O4/c1-5-11(4)15(8-12(16)17)13(18)14-6-7-19-9-10(2)3/h11H,2,5-9H2,1,3-4H3,(H,14,18)(H,16,17). The summed E-state index contributed by atoms with van der Waals surface area (Å²) in [5, 5.41) is 11.4. The molecule has 0 bridgehead atoms. The average molecular weight is 272 g/mol. The number of rotatable bonds is 9. The Labute approximate surface area is 114 Å². The smallest absolute Gasteiger partial charge is 0.323 e. The van der Waals surface area contributed by atoms with Crippen LogP contribution in [0.1, 0.15) is 27.2 Å². The number of carbonyl (C=O) groups is 2. The first-order valence-electron chi connectivity index (χ1n) is 6.36. The number of carbonyl (C=O) groups excluding carboxylic acids is 1. The van der Waals surface area contributed by atoms with Crippen LogP contribution < -0.4 is 5.32 Å². The highest BCUT2D eigenvalue weighted by Gasteiger charge is 2.20. The molecule has 0 fully saturated rings. The third-order valence-electron chi connectivity index (χ3n) is 2.56. The molecule has 0 rings (SSSR count). The predicted molar refractivity (Wildman–Crippen MR) is 73.1 cm³/mol. The summed E-state index contributed by atoms with van der Waals surface area (Å²) in [4.78, 5) is 23.9. The van der Waals surface area contributed by atoms with E-state index in [1.165, 1.54) is 4.90 Å². The SMILES string of the molecule is C=C(C)COCCNC(=O)N(CC(=O)O)C(C)CC. The predicted octanol–water partition coefficient (Wildman–Crippen LogP) is 1.47. The summed E-state index contributed by atoms with van der Waals surface area (Å²) in [6.45, 7) is 10.2. The van der Waals surface area contributed by atoms with Crippen molar-refractivity contribution in [3.05, 3.63) is 12.2 Å². The molecular weight excluding hydrogens is 248 g/mol. The van der Waals surface area contributed by atoms with Gasteiger partial charge in [0.25, 0.3) is 0 Å². The molecule has 2 N–H and O–H groups in total. The quantitative estimate of drug-likeness (QED) is 0.492. The summed E-state index contributed by atoms with van der Waals surface area (Å²) in [5.41, 5.74) is 0.915. The molecule has 0 saturated heterocycles. The van der Waals surface area contributed by atoms with Crippen molar-refractivity contribution in [2.45, 2.75) is 33.2 Å². The van der Waals surface area contributed by atoms with E-state index in [4.69, 9.17) is 9.84 Å². The first-order chi connectivity index (χ1) is 8.88. The molecule has 0 aliphatic carbocycles. The van der Waals surface area contributed by atoms with Crippen LogP contribution in [0.5, 0.6) is 0 Å². The lowest BCUT2D eigenvalue weighted by Crippen LogP contribution is -2.48. The maximum atomic E-state index is 11.9. The molecule has 0 aromatic carbocycles. The highest BCUT2D eigenvalue weighted by atomic mass is 16.5. The summed E-state index contributed by atoms with van der Waals surface area (Å²) < 4.78 is 5.24. The van der Waals surface area contributed by atoms with Gasteiger partial charge in [-0.2, -0.15) is 0 Å². The van der Waals surface area contributed by atoms with E-state index in [0.717, 1.165) is 5.57 Å². The Kier molecular flexibility index (Phi) is 8.61. The summed E-state index contributed by atoms with van der Waals surface area (Å²) in [6.07, 6.45) is 0.701. The van der Waals surface area contributed by atoms with Gasteiger partial charge in [-0.15, -0.1) is 0 Å². The number of hydrogen-bond acceptors (Lipinski definition) is 3. The van der Waals surface area contributed by atoms with E-state index in [1.54, 1.807) is 0 Å². The van der Waals surface area contributed by atoms with Crippen molar-refractivity contribution in [1.29, 1.82) is 0 Å². The van der Waals surface area contributed by atoms with Gasteiger partial charge in [0, 0.05) is 12.6 Å². The minimum Gasteiger partial charge on any atom is -0.480 e. The third-order valence-corrected chi connectivity index (χ3v) is 2.56. The van der Waals surface area contributed by atoms with Crippen LogP contribution in [0.3, 0.4) is 0 Å². The molecule has 0 heterocycles. The summed E-state index contributed by atoms with van der Waals surface area (Å²) in [7, 11) is 0. The van der Waals surface area contributed by atoms with Crippen molar-refractivity contribution in [2.24, 2.45) is 0 Å². The molecule has 1 unspecified atom stereocenters. The first kappa shape index (κ1) is 17.4. The van der Waals surface area contributed by atoms with Crippen molar-refractivity contribution in [1.82, 2.24) is 10.2 Å². The molecule has 0 spiro atoms. The fourth-order valence-electron chi connectivity index (χ4n) is 1.37. The average Bonchev–Trinajstić information content (AvgIpc) is 2.33. The van der Waals surface area contributed by atoms with Crippen LogP contribution in [0.15, 0.2) is 12.2 Å². The maximum Gasteiger partial charge on any atom is 0.323 e. The molecule has 0 radical (unpaired) electrons. The second-order valence-electron chi connectivity index (χ2n) is 4.52. The zero-order valence-electron chi connectivity index (χ0n) is 11.9. The lowest BCUT2D eigenvalue weighted by atomic mass is 10.2. The number of carboxylic acid groups (broad SMARTS) is 1. The number of carboxylic acids is 1. The van der Waals surface area contributed by atoms with E-state index in [1.807, 2.05) is 20.8 Å². The molecule has 0 saturated carbocycles. The molecule has 0 aromatic rings. The fraction of sp³-hybridized carbons (Fsp3) is 0.692. The molecular formula is C13H24N2O4. The van der Waals surface area contributed by atoms with Gasteiger partial charge in [-0.3, -0.25) is 4.79 Å². The van der Waals surface area contributed by atoms with Crippen molar-refractivity contribution < 1.29 is 19.4 Å². The zero-order chi connectivity index (χ0) is 14.8. The minimum absolute atomic E-state index is 0.118. The lowest BCUT2D eigenvalue weighted by molar-refractivity contribution is -0.138. The Morgan fingerprint density at radius 1 is 1.47 bits per heavy atom. The maximum absolute atomic E-state index is 11.9. The van der Waals surface area contributed by atoms with Gasteiger partial charge in [0.15, 0.2) is 0 Å². The Balaban J connectivity index is 4.10. The highest BCUT2D eigenvalue weighted by Crippen LogP contribution is 2.03. The minimum atomic E-state index is -1.02. The number of ether oxygens (including phenoxy) is 1. The van der Waals surface area contributed by atoms with Crippen molar-refractivity contribution in [3.8, 4) is 0 Å². The Bertz CT molecular complexity index is 318. The molecule has 6 heteroatoms. The van der Waals surface area contributed by atoms with Gasteiger partial charge in [0.2, 0.25) is 0 Å². The van der Waals surface area contributed by atoms with E-state index in [-0.39, 0.29) is 18.6 Å². The van der Waals surface area contributed by atoms with Crippen molar-refractivity contribution in [3.63, 3.8) is 0 Å². The number of urea groups is 1. The number of nitrogens with zero attached hydrogens (tertiary/aromatic N) is 1. The molecule has 2 amide bonds. The second kappa shape index (κ2) is 9.38. The van der Waals surface area contributed by atoms with E-state index in [0.29, 0.717) is 26.2 Å². The van der Waals surface area contributed by atoms with E-state index in [2.05, 4.69) is 11.9 Å². The van der Waals surface area contributed by atoms with Crippen molar-refractivity contribution in [2.75, 3.05) is 26.3 Å². The van der Waals surface area contributed by atoms with Gasteiger partial charge in [0.05, 0.1) is 13.2 Å². The monoisotopic (exact) mass is 272 g/mol. The van der Waals surface area contributed by atoms with Crippen LogP contribution in [0.4, 0.5) is 4.79 Å². The van der Waals surface area contributed by atoms with Crippen LogP contribution in [0.25, 0.3) is 0 Å². The molecule has 1 atom stereocenters. The van der Waals surface area contributed by atoms with Crippen LogP contribution in [-0.2, 0) is 9.53 Å². The first-order valence-corrected chi connectivity index (χ1v) is 6.36. The molecule has 0 aliphatic heterocycles. The number of hydrogen-bond donors (Lipinski definition) is 2. The second-order valence-corrected chi connectivity index (χ2v) is 4.52. The van der Waals surface area contributed by atoms with Crippen LogP contribution in [0.2, 0.25) is 0 Å². The van der Waals surface area contributed by atoms with Gasteiger partial charge < -0.3 is 20.1 Å². The summed E-state index contributed by atoms with van der Waals surface area (Å²) >= 11 is 0. The van der Waals surface area contributed by atoms with E-state index in [9.17, 15) is 9.59 Å². The van der Waals surface area contributed by atoms with E-state index >= 15 is 0 Å². The number of aliphatic carboxylic acids is 1. The van der Waals surface area contributed by atoms with E-state index < -0.39 is 5.97 Å². The Morgan fingerprint density at radius 2 is 2.11 bits per heavy atom. The van der Waals surface area contributed by atoms with Crippen LogP contribution in [-0.4, -0.2) is 54.4 Å². The Morgan fingerprint density at radius 3 is 2.58 bits per heavy atom. The third kappa shape index (κ3) is 8.20. The zero-order valence-corrected chi connectivity index (χ0v) is 11.9.